The second-order valence-corrected chi connectivity index (χ2v) is 8.90. The van der Waals surface area contributed by atoms with Crippen LogP contribution in [-0.2, 0) is 0 Å². The SMILES string of the molecule is CC(C)c1ccc(C(Cl)C23CC4CC(CC(C4)C2)C3)cc1. The molecule has 0 amide bonds. The maximum Gasteiger partial charge on any atom is 0.0641 e. The van der Waals surface area contributed by atoms with Crippen LogP contribution in [0.5, 0.6) is 0 Å². The van der Waals surface area contributed by atoms with Crippen LogP contribution in [0.15, 0.2) is 24.3 Å². The van der Waals surface area contributed by atoms with E-state index < -0.39 is 0 Å². The fraction of sp³-hybridized carbons (Fsp3) is 0.700. The number of alkyl halides is 1. The van der Waals surface area contributed by atoms with Gasteiger partial charge >= 0.3 is 0 Å². The highest BCUT2D eigenvalue weighted by Crippen LogP contribution is 2.65. The summed E-state index contributed by atoms with van der Waals surface area (Å²) in [4.78, 5) is 0. The van der Waals surface area contributed by atoms with Gasteiger partial charge in [-0.2, -0.15) is 0 Å². The van der Waals surface area contributed by atoms with Crippen LogP contribution in [0.1, 0.15) is 74.8 Å². The summed E-state index contributed by atoms with van der Waals surface area (Å²) in [5.74, 6) is 3.54. The molecular weight excluding hydrogens is 276 g/mol. The molecule has 1 aromatic rings. The molecule has 1 aromatic carbocycles. The van der Waals surface area contributed by atoms with Gasteiger partial charge in [0.05, 0.1) is 5.38 Å². The van der Waals surface area contributed by atoms with Gasteiger partial charge in [0.15, 0.2) is 0 Å². The number of hydrogen-bond donors (Lipinski definition) is 0. The molecule has 0 spiro atoms. The van der Waals surface area contributed by atoms with E-state index in [1.807, 2.05) is 0 Å². The molecule has 0 aromatic heterocycles. The molecule has 21 heavy (non-hydrogen) atoms. The van der Waals surface area contributed by atoms with E-state index in [9.17, 15) is 0 Å². The molecule has 0 N–H and O–H groups in total. The Morgan fingerprint density at radius 3 is 1.71 bits per heavy atom. The quantitative estimate of drug-likeness (QED) is 0.574. The van der Waals surface area contributed by atoms with Crippen molar-refractivity contribution in [3.63, 3.8) is 0 Å². The van der Waals surface area contributed by atoms with Crippen LogP contribution in [0.4, 0.5) is 0 Å². The third-order valence-electron chi connectivity index (χ3n) is 6.52. The van der Waals surface area contributed by atoms with Gasteiger partial charge in [-0.1, -0.05) is 38.1 Å². The molecule has 1 unspecified atom stereocenters. The summed E-state index contributed by atoms with van der Waals surface area (Å²) in [5.41, 5.74) is 3.20. The summed E-state index contributed by atoms with van der Waals surface area (Å²) in [7, 11) is 0. The third-order valence-corrected chi connectivity index (χ3v) is 7.23. The normalized spacial score (nSPS) is 39.0. The van der Waals surface area contributed by atoms with Crippen LogP contribution in [0.2, 0.25) is 0 Å². The Balaban J connectivity index is 1.60. The van der Waals surface area contributed by atoms with E-state index >= 15 is 0 Å². The minimum atomic E-state index is 0.229. The van der Waals surface area contributed by atoms with Crippen molar-refractivity contribution >= 4 is 11.6 Å². The molecule has 0 radical (unpaired) electrons. The van der Waals surface area contributed by atoms with Gasteiger partial charge < -0.3 is 0 Å². The Morgan fingerprint density at radius 2 is 1.29 bits per heavy atom. The molecule has 0 heterocycles. The lowest BCUT2D eigenvalue weighted by Crippen LogP contribution is -2.47. The van der Waals surface area contributed by atoms with Crippen LogP contribution < -0.4 is 0 Å². The lowest BCUT2D eigenvalue weighted by molar-refractivity contribution is -0.0552. The minimum Gasteiger partial charge on any atom is -0.117 e. The summed E-state index contributed by atoms with van der Waals surface area (Å²) in [6.45, 7) is 4.51. The summed E-state index contributed by atoms with van der Waals surface area (Å²) >= 11 is 7.06. The molecular formula is C20H27Cl. The van der Waals surface area contributed by atoms with E-state index in [1.54, 1.807) is 0 Å². The van der Waals surface area contributed by atoms with Crippen molar-refractivity contribution in [3.05, 3.63) is 35.4 Å². The number of benzene rings is 1. The van der Waals surface area contributed by atoms with Gasteiger partial charge in [-0.05, 0) is 78.7 Å². The maximum absolute atomic E-state index is 7.06. The van der Waals surface area contributed by atoms with Crippen molar-refractivity contribution in [1.82, 2.24) is 0 Å². The van der Waals surface area contributed by atoms with E-state index in [0.717, 1.165) is 17.8 Å². The van der Waals surface area contributed by atoms with Crippen LogP contribution in [0.25, 0.3) is 0 Å². The summed E-state index contributed by atoms with van der Waals surface area (Å²) < 4.78 is 0. The lowest BCUT2D eigenvalue weighted by Gasteiger charge is -2.58. The molecule has 4 aliphatic carbocycles. The zero-order valence-electron chi connectivity index (χ0n) is 13.3. The largest absolute Gasteiger partial charge is 0.117 e. The zero-order chi connectivity index (χ0) is 14.6. The van der Waals surface area contributed by atoms with Crippen LogP contribution in [0, 0.1) is 23.2 Å². The molecule has 4 aliphatic rings. The first-order chi connectivity index (χ1) is 10.1. The van der Waals surface area contributed by atoms with Crippen molar-refractivity contribution in [2.24, 2.45) is 23.2 Å². The molecule has 0 saturated heterocycles. The molecule has 4 bridgehead atoms. The van der Waals surface area contributed by atoms with E-state index in [1.165, 1.54) is 49.7 Å². The predicted molar refractivity (Wildman–Crippen MR) is 89.7 cm³/mol. The topological polar surface area (TPSA) is 0 Å². The first kappa shape index (κ1) is 14.1. The lowest BCUT2D eigenvalue weighted by atomic mass is 9.48. The Kier molecular flexibility index (Phi) is 3.37. The molecule has 0 nitrogen and oxygen atoms in total. The van der Waals surface area contributed by atoms with E-state index in [2.05, 4.69) is 38.1 Å². The second-order valence-electron chi connectivity index (χ2n) is 8.46. The van der Waals surface area contributed by atoms with Crippen molar-refractivity contribution in [3.8, 4) is 0 Å². The highest BCUT2D eigenvalue weighted by molar-refractivity contribution is 6.21. The van der Waals surface area contributed by atoms with Crippen LogP contribution >= 0.6 is 11.6 Å². The van der Waals surface area contributed by atoms with Gasteiger partial charge in [-0.15, -0.1) is 11.6 Å². The first-order valence-corrected chi connectivity index (χ1v) is 9.23. The Labute approximate surface area is 134 Å². The fourth-order valence-electron chi connectivity index (χ4n) is 5.89. The monoisotopic (exact) mass is 302 g/mol. The average molecular weight is 303 g/mol. The summed E-state index contributed by atoms with van der Waals surface area (Å²) in [6.07, 6.45) is 8.65. The molecule has 114 valence electrons. The zero-order valence-corrected chi connectivity index (χ0v) is 14.1. The van der Waals surface area contributed by atoms with Crippen molar-refractivity contribution in [1.29, 1.82) is 0 Å². The van der Waals surface area contributed by atoms with Gasteiger partial charge in [-0.3, -0.25) is 0 Å². The number of halogens is 1. The number of rotatable bonds is 3. The van der Waals surface area contributed by atoms with Crippen LogP contribution in [0.3, 0.4) is 0 Å². The van der Waals surface area contributed by atoms with Gasteiger partial charge in [0.1, 0.15) is 0 Å². The number of hydrogen-bond acceptors (Lipinski definition) is 0. The van der Waals surface area contributed by atoms with Gasteiger partial charge in [0, 0.05) is 0 Å². The third kappa shape index (κ3) is 2.34. The van der Waals surface area contributed by atoms with E-state index in [0.29, 0.717) is 11.3 Å². The van der Waals surface area contributed by atoms with Gasteiger partial charge in [0.25, 0.3) is 0 Å². The second kappa shape index (κ2) is 5.01. The average Bonchev–Trinajstić information content (AvgIpc) is 2.45. The maximum atomic E-state index is 7.06. The highest BCUT2D eigenvalue weighted by atomic mass is 35.5. The molecule has 4 fully saturated rings. The van der Waals surface area contributed by atoms with Gasteiger partial charge in [0.2, 0.25) is 0 Å². The predicted octanol–water partition coefficient (Wildman–Crippen LogP) is 6.31. The summed E-state index contributed by atoms with van der Waals surface area (Å²) in [6, 6.07) is 9.17. The highest BCUT2D eigenvalue weighted by Gasteiger charge is 2.54. The van der Waals surface area contributed by atoms with Crippen molar-refractivity contribution in [2.75, 3.05) is 0 Å². The summed E-state index contributed by atoms with van der Waals surface area (Å²) in [5, 5.41) is 0.229. The van der Waals surface area contributed by atoms with Crippen molar-refractivity contribution in [2.45, 2.75) is 63.7 Å². The smallest absolute Gasteiger partial charge is 0.0641 e. The van der Waals surface area contributed by atoms with Crippen molar-refractivity contribution < 1.29 is 0 Å². The standard InChI is InChI=1S/C20H27Cl/c1-13(2)17-3-5-18(6-4-17)19(21)20-10-14-7-15(11-20)9-16(8-14)12-20/h3-6,13-16,19H,7-12H2,1-2H3. The Morgan fingerprint density at radius 1 is 0.857 bits per heavy atom. The first-order valence-electron chi connectivity index (χ1n) is 8.80. The molecule has 1 heteroatoms. The fourth-order valence-corrected chi connectivity index (χ4v) is 6.30. The van der Waals surface area contributed by atoms with E-state index in [-0.39, 0.29) is 5.38 Å². The van der Waals surface area contributed by atoms with Crippen LogP contribution in [-0.4, -0.2) is 0 Å². The Bertz CT molecular complexity index is 478. The molecule has 0 aliphatic heterocycles. The minimum absolute atomic E-state index is 0.229. The Hall–Kier alpha value is -0.490. The molecule has 1 atom stereocenters. The van der Waals surface area contributed by atoms with E-state index in [4.69, 9.17) is 11.6 Å². The molecule has 5 rings (SSSR count). The molecule has 4 saturated carbocycles. The van der Waals surface area contributed by atoms with Gasteiger partial charge in [-0.25, -0.2) is 0 Å².